The number of carboxylic acids is 1. The number of aliphatic carboxylic acids is 1. The van der Waals surface area contributed by atoms with E-state index in [2.05, 4.69) is 11.8 Å². The molecule has 0 aliphatic carbocycles. The molecular formula is C31H43N3O7. The van der Waals surface area contributed by atoms with E-state index in [1.807, 2.05) is 41.3 Å². The van der Waals surface area contributed by atoms with Crippen LogP contribution in [0.15, 0.2) is 36.4 Å². The molecule has 2 aliphatic rings. The lowest BCUT2D eigenvalue weighted by molar-refractivity contribution is -0.143. The van der Waals surface area contributed by atoms with E-state index in [0.29, 0.717) is 56.3 Å². The van der Waals surface area contributed by atoms with E-state index in [-0.39, 0.29) is 31.2 Å². The molecule has 3 atom stereocenters. The number of methoxy groups -OCH3 is 2. The number of unbranched alkanes of at least 4 members (excludes halogenated alkanes) is 1. The van der Waals surface area contributed by atoms with Gasteiger partial charge in [-0.05, 0) is 61.6 Å². The second-order valence-corrected chi connectivity index (χ2v) is 10.7. The SMILES string of the molecule is CCCCN(CCCN)C(=O)CN1C[C@H](c2cc(OC)c3c(c2)OCO3)[C@@H](C(=O)O)[C@@H]1CCc1ccccc1OC. The van der Waals surface area contributed by atoms with Crippen LogP contribution >= 0.6 is 0 Å². The van der Waals surface area contributed by atoms with Gasteiger partial charge < -0.3 is 34.7 Å². The summed E-state index contributed by atoms with van der Waals surface area (Å²) in [7, 11) is 3.19. The number of carboxylic acid groups (broad SMARTS) is 1. The van der Waals surface area contributed by atoms with Crippen LogP contribution in [-0.4, -0.2) is 86.6 Å². The van der Waals surface area contributed by atoms with Gasteiger partial charge in [-0.2, -0.15) is 0 Å². The fourth-order valence-corrected chi connectivity index (χ4v) is 6.03. The van der Waals surface area contributed by atoms with E-state index in [4.69, 9.17) is 24.7 Å². The van der Waals surface area contributed by atoms with Gasteiger partial charge in [0.15, 0.2) is 11.5 Å². The Kier molecular flexibility index (Phi) is 10.7. The second-order valence-electron chi connectivity index (χ2n) is 10.7. The van der Waals surface area contributed by atoms with Gasteiger partial charge >= 0.3 is 5.97 Å². The molecule has 3 N–H and O–H groups in total. The molecule has 0 spiro atoms. The van der Waals surface area contributed by atoms with E-state index in [0.717, 1.165) is 36.1 Å². The number of hydrogen-bond donors (Lipinski definition) is 2. The molecular weight excluding hydrogens is 526 g/mol. The van der Waals surface area contributed by atoms with Crippen LogP contribution in [0.3, 0.4) is 0 Å². The molecule has 224 valence electrons. The summed E-state index contributed by atoms with van der Waals surface area (Å²) in [5.74, 6) is 0.329. The monoisotopic (exact) mass is 569 g/mol. The molecule has 1 fully saturated rings. The molecule has 0 unspecified atom stereocenters. The maximum absolute atomic E-state index is 13.6. The van der Waals surface area contributed by atoms with Crippen LogP contribution in [0.5, 0.6) is 23.0 Å². The Hall–Kier alpha value is -3.50. The van der Waals surface area contributed by atoms with Gasteiger partial charge in [0.05, 0.1) is 26.7 Å². The lowest BCUT2D eigenvalue weighted by atomic mass is 9.83. The third-order valence-corrected chi connectivity index (χ3v) is 8.15. The minimum absolute atomic E-state index is 0.00208. The normalized spacial score (nSPS) is 19.8. The average Bonchev–Trinajstić information content (AvgIpc) is 3.60. The van der Waals surface area contributed by atoms with Crippen molar-refractivity contribution in [2.45, 2.75) is 51.0 Å². The number of likely N-dealkylation sites (tertiary alicyclic amines) is 1. The number of carbonyl (C=O) groups excluding carboxylic acids is 1. The van der Waals surface area contributed by atoms with E-state index < -0.39 is 11.9 Å². The van der Waals surface area contributed by atoms with Crippen molar-refractivity contribution in [1.82, 2.24) is 9.80 Å². The van der Waals surface area contributed by atoms with Crippen LogP contribution in [0.4, 0.5) is 0 Å². The second kappa shape index (κ2) is 14.4. The Morgan fingerprint density at radius 1 is 1.10 bits per heavy atom. The molecule has 0 bridgehead atoms. The zero-order chi connectivity index (χ0) is 29.4. The van der Waals surface area contributed by atoms with Crippen molar-refractivity contribution >= 4 is 11.9 Å². The molecule has 2 aromatic rings. The summed E-state index contributed by atoms with van der Waals surface area (Å²) in [6.45, 7) is 4.52. The fraction of sp³-hybridized carbons (Fsp3) is 0.548. The number of rotatable bonds is 15. The van der Waals surface area contributed by atoms with Crippen LogP contribution in [0, 0.1) is 5.92 Å². The summed E-state index contributed by atoms with van der Waals surface area (Å²) < 4.78 is 22.3. The van der Waals surface area contributed by atoms with Crippen LogP contribution < -0.4 is 24.7 Å². The first-order valence-electron chi connectivity index (χ1n) is 14.5. The summed E-state index contributed by atoms with van der Waals surface area (Å²) in [5.41, 5.74) is 7.55. The summed E-state index contributed by atoms with van der Waals surface area (Å²) in [6, 6.07) is 11.1. The van der Waals surface area contributed by atoms with Crippen molar-refractivity contribution in [2.75, 3.05) is 53.7 Å². The topological polar surface area (TPSA) is 124 Å². The highest BCUT2D eigenvalue weighted by molar-refractivity contribution is 5.79. The predicted molar refractivity (Wildman–Crippen MR) is 155 cm³/mol. The maximum atomic E-state index is 13.6. The standard InChI is InChI=1S/C31H43N3O7/c1-4-5-14-33(15-8-13-32)28(35)19-34-18-23(22-16-26(39-3)30-27(17-22)40-20-41-30)29(31(36)37)24(34)12-11-21-9-6-7-10-25(21)38-2/h6-7,9-10,16-17,23-24,29H,4-5,8,11-15,18-20,32H2,1-3H3,(H,36,37)/t23-,24+,29-/m1/s1. The van der Waals surface area contributed by atoms with Crippen molar-refractivity contribution < 1.29 is 33.6 Å². The van der Waals surface area contributed by atoms with Crippen molar-refractivity contribution in [1.29, 1.82) is 0 Å². The molecule has 1 amide bonds. The van der Waals surface area contributed by atoms with Gasteiger partial charge in [0.25, 0.3) is 0 Å². The minimum atomic E-state index is -0.891. The number of carbonyl (C=O) groups is 2. The van der Waals surface area contributed by atoms with Crippen LogP contribution in [0.25, 0.3) is 0 Å². The summed E-state index contributed by atoms with van der Waals surface area (Å²) in [5, 5.41) is 10.6. The molecule has 0 saturated carbocycles. The minimum Gasteiger partial charge on any atom is -0.496 e. The lowest BCUT2D eigenvalue weighted by Gasteiger charge is -2.30. The summed E-state index contributed by atoms with van der Waals surface area (Å²) >= 11 is 0. The maximum Gasteiger partial charge on any atom is 0.308 e. The van der Waals surface area contributed by atoms with E-state index in [1.165, 1.54) is 0 Å². The third-order valence-electron chi connectivity index (χ3n) is 8.15. The van der Waals surface area contributed by atoms with E-state index in [1.54, 1.807) is 14.2 Å². The molecule has 10 heteroatoms. The van der Waals surface area contributed by atoms with Gasteiger partial charge in [-0.1, -0.05) is 31.5 Å². The number of ether oxygens (including phenoxy) is 4. The van der Waals surface area contributed by atoms with Gasteiger partial charge in [0.1, 0.15) is 5.75 Å². The number of nitrogens with two attached hydrogens (primary N) is 1. The number of benzene rings is 2. The molecule has 10 nitrogen and oxygen atoms in total. The highest BCUT2D eigenvalue weighted by Crippen LogP contribution is 2.47. The molecule has 0 aromatic heterocycles. The number of para-hydroxylation sites is 1. The van der Waals surface area contributed by atoms with Gasteiger partial charge in [-0.25, -0.2) is 0 Å². The van der Waals surface area contributed by atoms with Crippen molar-refractivity contribution in [3.05, 3.63) is 47.5 Å². The van der Waals surface area contributed by atoms with Crippen LogP contribution in [0.2, 0.25) is 0 Å². The van der Waals surface area contributed by atoms with E-state index >= 15 is 0 Å². The molecule has 2 aliphatic heterocycles. The molecule has 2 heterocycles. The summed E-state index contributed by atoms with van der Waals surface area (Å²) in [6.07, 6.45) is 3.79. The molecule has 2 aromatic carbocycles. The Labute approximate surface area is 242 Å². The smallest absolute Gasteiger partial charge is 0.308 e. The van der Waals surface area contributed by atoms with Gasteiger partial charge in [0, 0.05) is 31.6 Å². The van der Waals surface area contributed by atoms with Gasteiger partial charge in [-0.3, -0.25) is 14.5 Å². The lowest BCUT2D eigenvalue weighted by Crippen LogP contribution is -2.45. The zero-order valence-corrected chi connectivity index (χ0v) is 24.3. The molecule has 41 heavy (non-hydrogen) atoms. The Morgan fingerprint density at radius 3 is 2.56 bits per heavy atom. The van der Waals surface area contributed by atoms with Crippen molar-refractivity contribution in [3.8, 4) is 23.0 Å². The largest absolute Gasteiger partial charge is 0.496 e. The van der Waals surface area contributed by atoms with E-state index in [9.17, 15) is 14.7 Å². The fourth-order valence-electron chi connectivity index (χ4n) is 6.03. The van der Waals surface area contributed by atoms with Crippen molar-refractivity contribution in [2.24, 2.45) is 11.7 Å². The number of hydrogen-bond acceptors (Lipinski definition) is 8. The number of amides is 1. The molecule has 0 radical (unpaired) electrons. The predicted octanol–water partition coefficient (Wildman–Crippen LogP) is 3.51. The third kappa shape index (κ3) is 7.05. The summed E-state index contributed by atoms with van der Waals surface area (Å²) in [4.78, 5) is 30.5. The highest BCUT2D eigenvalue weighted by atomic mass is 16.7. The quantitative estimate of drug-likeness (QED) is 0.332. The Morgan fingerprint density at radius 2 is 1.85 bits per heavy atom. The first-order valence-corrected chi connectivity index (χ1v) is 14.5. The number of fused-ring (bicyclic) bond motifs is 1. The Bertz CT molecular complexity index is 1180. The van der Waals surface area contributed by atoms with Gasteiger partial charge in [-0.15, -0.1) is 0 Å². The first-order chi connectivity index (χ1) is 19.9. The highest BCUT2D eigenvalue weighted by Gasteiger charge is 2.47. The average molecular weight is 570 g/mol. The van der Waals surface area contributed by atoms with Crippen LogP contribution in [0.1, 0.15) is 49.7 Å². The Balaban J connectivity index is 1.66. The molecule has 4 rings (SSSR count). The number of aryl methyl sites for hydroxylation is 1. The first kappa shape index (κ1) is 30.5. The number of nitrogens with zero attached hydrogens (tertiary/aromatic N) is 2. The van der Waals surface area contributed by atoms with Crippen molar-refractivity contribution in [3.63, 3.8) is 0 Å². The van der Waals surface area contributed by atoms with Gasteiger partial charge in [0.2, 0.25) is 18.4 Å². The zero-order valence-electron chi connectivity index (χ0n) is 24.3. The van der Waals surface area contributed by atoms with Crippen LogP contribution in [-0.2, 0) is 16.0 Å². The molecule has 1 saturated heterocycles.